The number of hydrogen-bond donors (Lipinski definition) is 2. The van der Waals surface area contributed by atoms with E-state index in [9.17, 15) is 0 Å². The largest absolute Gasteiger partial charge is 0.323 e. The van der Waals surface area contributed by atoms with Crippen LogP contribution < -0.4 is 5.32 Å². The Bertz CT molecular complexity index is 715. The molecule has 0 aromatic carbocycles. The van der Waals surface area contributed by atoms with Gasteiger partial charge in [-0.25, -0.2) is 9.97 Å². The Morgan fingerprint density at radius 3 is 3.00 bits per heavy atom. The van der Waals surface area contributed by atoms with E-state index < -0.39 is 0 Å². The molecule has 1 fully saturated rings. The summed E-state index contributed by atoms with van der Waals surface area (Å²) in [4.78, 5) is 9.88. The topological polar surface area (TPSA) is 66.5 Å². The van der Waals surface area contributed by atoms with Crippen molar-refractivity contribution >= 4 is 23.0 Å². The molecule has 3 aromatic heterocycles. The zero-order valence-electron chi connectivity index (χ0n) is 10.7. The van der Waals surface area contributed by atoms with Gasteiger partial charge in [-0.05, 0) is 30.4 Å². The van der Waals surface area contributed by atoms with Gasteiger partial charge in [0.05, 0.1) is 4.88 Å². The molecule has 1 aliphatic rings. The maximum absolute atomic E-state index is 4.51. The minimum Gasteiger partial charge on any atom is -0.323 e. The van der Waals surface area contributed by atoms with Crippen LogP contribution in [0.5, 0.6) is 0 Å². The van der Waals surface area contributed by atoms with Crippen LogP contribution in [-0.2, 0) is 0 Å². The monoisotopic (exact) mass is 283 g/mol. The fourth-order valence-electron chi connectivity index (χ4n) is 2.09. The van der Waals surface area contributed by atoms with E-state index in [0.29, 0.717) is 5.92 Å². The van der Waals surface area contributed by atoms with Gasteiger partial charge in [-0.1, -0.05) is 6.07 Å². The molecule has 0 spiro atoms. The van der Waals surface area contributed by atoms with Crippen molar-refractivity contribution in [3.63, 3.8) is 0 Å². The Labute approximate surface area is 120 Å². The third-order valence-corrected chi connectivity index (χ3v) is 4.13. The molecule has 100 valence electrons. The second-order valence-corrected chi connectivity index (χ2v) is 5.80. The molecule has 0 bridgehead atoms. The Morgan fingerprint density at radius 2 is 2.20 bits per heavy atom. The quantitative estimate of drug-likeness (QED) is 0.768. The fourth-order valence-corrected chi connectivity index (χ4v) is 2.75. The number of thiophene rings is 1. The second kappa shape index (κ2) is 4.72. The molecular formula is C14H13N5S. The first-order valence-corrected chi connectivity index (χ1v) is 7.46. The van der Waals surface area contributed by atoms with Gasteiger partial charge in [0, 0.05) is 23.9 Å². The lowest BCUT2D eigenvalue weighted by Crippen LogP contribution is -1.96. The molecule has 3 aromatic rings. The van der Waals surface area contributed by atoms with Gasteiger partial charge in [-0.15, -0.1) is 11.3 Å². The number of rotatable bonds is 4. The first-order valence-electron chi connectivity index (χ1n) is 6.58. The number of nitrogens with one attached hydrogen (secondary N) is 2. The molecule has 1 aliphatic carbocycles. The van der Waals surface area contributed by atoms with Crippen LogP contribution in [-0.4, -0.2) is 20.2 Å². The van der Waals surface area contributed by atoms with Crippen molar-refractivity contribution in [1.29, 1.82) is 0 Å². The van der Waals surface area contributed by atoms with Crippen molar-refractivity contribution < 1.29 is 0 Å². The lowest BCUT2D eigenvalue weighted by Gasteiger charge is -2.02. The Balaban J connectivity index is 1.57. The number of hydrogen-bond acceptors (Lipinski definition) is 5. The third-order valence-electron chi connectivity index (χ3n) is 3.27. The standard InChI is InChI=1S/C14H13N5S/c1-2-11(20-7-1)14-15-6-5-12(17-14)16-13-8-10(18-19-13)9-3-4-9/h1-2,5-9H,3-4H2,(H2,15,16,17,18,19). The zero-order chi connectivity index (χ0) is 13.4. The molecule has 0 saturated heterocycles. The van der Waals surface area contributed by atoms with Crippen molar-refractivity contribution in [2.45, 2.75) is 18.8 Å². The lowest BCUT2D eigenvalue weighted by molar-refractivity contribution is 0.966. The SMILES string of the molecule is c1csc(-c2nccc(Nc3cc(C4CC4)[nH]n3)n2)c1. The Morgan fingerprint density at radius 1 is 1.25 bits per heavy atom. The summed E-state index contributed by atoms with van der Waals surface area (Å²) in [6.07, 6.45) is 4.29. The van der Waals surface area contributed by atoms with E-state index in [-0.39, 0.29) is 0 Å². The van der Waals surface area contributed by atoms with Crippen LogP contribution in [0.4, 0.5) is 11.6 Å². The van der Waals surface area contributed by atoms with E-state index in [2.05, 4.69) is 31.5 Å². The van der Waals surface area contributed by atoms with E-state index >= 15 is 0 Å². The number of anilines is 2. The normalized spacial score (nSPS) is 14.4. The molecule has 0 atom stereocenters. The van der Waals surface area contributed by atoms with Gasteiger partial charge in [0.25, 0.3) is 0 Å². The summed E-state index contributed by atoms with van der Waals surface area (Å²) in [6.45, 7) is 0. The van der Waals surface area contributed by atoms with Gasteiger partial charge in [0.1, 0.15) is 5.82 Å². The number of aromatic amines is 1. The number of aromatic nitrogens is 4. The molecule has 6 heteroatoms. The summed E-state index contributed by atoms with van der Waals surface area (Å²) < 4.78 is 0. The summed E-state index contributed by atoms with van der Waals surface area (Å²) in [7, 11) is 0. The van der Waals surface area contributed by atoms with Gasteiger partial charge in [-0.3, -0.25) is 5.10 Å². The molecule has 5 nitrogen and oxygen atoms in total. The highest BCUT2D eigenvalue weighted by Crippen LogP contribution is 2.39. The van der Waals surface area contributed by atoms with Crippen LogP contribution in [0.3, 0.4) is 0 Å². The second-order valence-electron chi connectivity index (χ2n) is 4.85. The van der Waals surface area contributed by atoms with Crippen molar-refractivity contribution in [2.24, 2.45) is 0 Å². The summed E-state index contributed by atoms with van der Waals surface area (Å²) >= 11 is 1.63. The molecule has 2 N–H and O–H groups in total. The van der Waals surface area contributed by atoms with Crippen LogP contribution >= 0.6 is 11.3 Å². The van der Waals surface area contributed by atoms with E-state index in [0.717, 1.165) is 22.3 Å². The molecule has 0 amide bonds. The summed E-state index contributed by atoms with van der Waals surface area (Å²) in [5, 5.41) is 12.6. The maximum Gasteiger partial charge on any atom is 0.171 e. The zero-order valence-corrected chi connectivity index (χ0v) is 11.5. The van der Waals surface area contributed by atoms with Gasteiger partial charge in [-0.2, -0.15) is 5.10 Å². The van der Waals surface area contributed by atoms with E-state index in [1.54, 1.807) is 17.5 Å². The van der Waals surface area contributed by atoms with Gasteiger partial charge >= 0.3 is 0 Å². The van der Waals surface area contributed by atoms with Crippen molar-refractivity contribution in [3.8, 4) is 10.7 Å². The predicted molar refractivity (Wildman–Crippen MR) is 79.2 cm³/mol. The number of H-pyrrole nitrogens is 1. The highest BCUT2D eigenvalue weighted by molar-refractivity contribution is 7.13. The van der Waals surface area contributed by atoms with Crippen LogP contribution in [0, 0.1) is 0 Å². The first-order chi connectivity index (χ1) is 9.88. The Hall–Kier alpha value is -2.21. The van der Waals surface area contributed by atoms with Crippen LogP contribution in [0.15, 0.2) is 35.8 Å². The smallest absolute Gasteiger partial charge is 0.171 e. The summed E-state index contributed by atoms with van der Waals surface area (Å²) in [6, 6.07) is 7.93. The van der Waals surface area contributed by atoms with Crippen LogP contribution in [0.25, 0.3) is 10.7 Å². The van der Waals surface area contributed by atoms with Crippen LogP contribution in [0.2, 0.25) is 0 Å². The molecule has 4 rings (SSSR count). The molecule has 0 radical (unpaired) electrons. The fraction of sp³-hybridized carbons (Fsp3) is 0.214. The average molecular weight is 283 g/mol. The molecular weight excluding hydrogens is 270 g/mol. The van der Waals surface area contributed by atoms with E-state index in [1.165, 1.54) is 18.5 Å². The predicted octanol–water partition coefficient (Wildman–Crippen LogP) is 3.55. The van der Waals surface area contributed by atoms with Gasteiger partial charge in [0.15, 0.2) is 11.6 Å². The highest BCUT2D eigenvalue weighted by atomic mass is 32.1. The maximum atomic E-state index is 4.51. The van der Waals surface area contributed by atoms with Crippen molar-refractivity contribution in [1.82, 2.24) is 20.2 Å². The molecule has 20 heavy (non-hydrogen) atoms. The first kappa shape index (κ1) is 11.6. The Kier molecular flexibility index (Phi) is 2.74. The molecule has 1 saturated carbocycles. The minimum absolute atomic E-state index is 0.671. The third kappa shape index (κ3) is 2.30. The summed E-state index contributed by atoms with van der Waals surface area (Å²) in [5.74, 6) is 2.98. The van der Waals surface area contributed by atoms with E-state index in [4.69, 9.17) is 0 Å². The minimum atomic E-state index is 0.671. The van der Waals surface area contributed by atoms with E-state index in [1.807, 2.05) is 23.6 Å². The summed E-state index contributed by atoms with van der Waals surface area (Å²) in [5.41, 5.74) is 1.21. The van der Waals surface area contributed by atoms with Crippen molar-refractivity contribution in [3.05, 3.63) is 41.5 Å². The molecule has 0 unspecified atom stereocenters. The highest BCUT2D eigenvalue weighted by Gasteiger charge is 2.25. The lowest BCUT2D eigenvalue weighted by atomic mass is 10.3. The van der Waals surface area contributed by atoms with Gasteiger partial charge < -0.3 is 5.32 Å². The molecule has 0 aliphatic heterocycles. The molecule has 3 heterocycles. The van der Waals surface area contributed by atoms with Gasteiger partial charge in [0.2, 0.25) is 0 Å². The van der Waals surface area contributed by atoms with Crippen molar-refractivity contribution in [2.75, 3.05) is 5.32 Å². The number of nitrogens with zero attached hydrogens (tertiary/aromatic N) is 3. The average Bonchev–Trinajstić information content (AvgIpc) is 3.00. The van der Waals surface area contributed by atoms with Crippen LogP contribution in [0.1, 0.15) is 24.5 Å².